The lowest BCUT2D eigenvalue weighted by Crippen LogP contribution is -1.78. The van der Waals surface area contributed by atoms with Gasteiger partial charge >= 0.3 is 0 Å². The van der Waals surface area contributed by atoms with Crippen molar-refractivity contribution in [2.24, 2.45) is 0 Å². The molecule has 0 radical (unpaired) electrons. The van der Waals surface area contributed by atoms with Crippen LogP contribution >= 0.6 is 12.2 Å². The molecule has 0 bridgehead atoms. The third-order valence-electron chi connectivity index (χ3n) is 1.74. The Labute approximate surface area is 74.5 Å². The molecule has 2 N–H and O–H groups in total. The predicted molar refractivity (Wildman–Crippen MR) is 50.8 cm³/mol. The van der Waals surface area contributed by atoms with Crippen molar-refractivity contribution >= 4 is 23.1 Å². The van der Waals surface area contributed by atoms with E-state index in [2.05, 4.69) is 4.98 Å². The van der Waals surface area contributed by atoms with Gasteiger partial charge < -0.3 is 10.1 Å². The molecule has 1 aromatic heterocycles. The Hall–Kier alpha value is -1.35. The number of benzene rings is 1. The van der Waals surface area contributed by atoms with E-state index in [0.717, 1.165) is 5.39 Å². The summed E-state index contributed by atoms with van der Waals surface area (Å²) in [6.07, 6.45) is 0. The minimum absolute atomic E-state index is 0.235. The Kier molecular flexibility index (Phi) is 1.59. The molecule has 0 unspecified atom stereocenters. The molecule has 0 saturated heterocycles. The number of fused-ring (bicyclic) bond motifs is 1. The molecule has 0 fully saturated rings. The summed E-state index contributed by atoms with van der Waals surface area (Å²) in [6, 6.07) is 9.04. The second kappa shape index (κ2) is 2.60. The largest absolute Gasteiger partial charge is 0.506 e. The summed E-state index contributed by atoms with van der Waals surface area (Å²) in [4.78, 5) is 2.92. The summed E-state index contributed by atoms with van der Waals surface area (Å²) in [5, 5.41) is 10.4. The van der Waals surface area contributed by atoms with E-state index >= 15 is 0 Å². The van der Waals surface area contributed by atoms with Gasteiger partial charge in [0.15, 0.2) is 0 Å². The van der Waals surface area contributed by atoms with E-state index in [4.69, 9.17) is 12.2 Å². The van der Waals surface area contributed by atoms with E-state index in [9.17, 15) is 5.11 Å². The number of hydrogen-bond donors (Lipinski definition) is 2. The fourth-order valence-electron chi connectivity index (χ4n) is 1.16. The normalized spacial score (nSPS) is 10.3. The molecule has 0 aliphatic rings. The van der Waals surface area contributed by atoms with E-state index in [1.165, 1.54) is 0 Å². The second-order valence-electron chi connectivity index (χ2n) is 2.56. The van der Waals surface area contributed by atoms with Gasteiger partial charge in [0.2, 0.25) is 0 Å². The standard InChI is InChI=1S/C9H7NOS/c11-7-3-1-2-6-4-5-8(12)10-9(6)7/h1-5,11H,(H,10,12). The van der Waals surface area contributed by atoms with Crippen molar-refractivity contribution in [3.63, 3.8) is 0 Å². The number of pyridine rings is 1. The molecule has 0 atom stereocenters. The fraction of sp³-hybridized carbons (Fsp3) is 0. The minimum atomic E-state index is 0.235. The summed E-state index contributed by atoms with van der Waals surface area (Å²) in [7, 11) is 0. The number of aromatic amines is 1. The number of aromatic hydroxyl groups is 1. The highest BCUT2D eigenvalue weighted by molar-refractivity contribution is 7.71. The molecule has 0 aliphatic carbocycles. The smallest absolute Gasteiger partial charge is 0.139 e. The number of para-hydroxylation sites is 1. The molecule has 0 aliphatic heterocycles. The molecule has 2 aromatic rings. The monoisotopic (exact) mass is 177 g/mol. The first-order valence-corrected chi connectivity index (χ1v) is 3.99. The third-order valence-corrected chi connectivity index (χ3v) is 1.98. The number of nitrogens with one attached hydrogen (secondary N) is 1. The molecule has 1 aromatic carbocycles. The van der Waals surface area contributed by atoms with Crippen molar-refractivity contribution in [1.29, 1.82) is 0 Å². The maximum atomic E-state index is 9.42. The van der Waals surface area contributed by atoms with Gasteiger partial charge in [-0.2, -0.15) is 0 Å². The van der Waals surface area contributed by atoms with Gasteiger partial charge in [-0.15, -0.1) is 0 Å². The minimum Gasteiger partial charge on any atom is -0.506 e. The number of hydrogen-bond acceptors (Lipinski definition) is 2. The lowest BCUT2D eigenvalue weighted by atomic mass is 10.2. The summed E-state index contributed by atoms with van der Waals surface area (Å²) in [5.74, 6) is 0.235. The number of H-pyrrole nitrogens is 1. The van der Waals surface area contributed by atoms with Crippen LogP contribution in [0, 0.1) is 4.64 Å². The Balaban J connectivity index is 2.97. The van der Waals surface area contributed by atoms with Crippen molar-refractivity contribution in [2.45, 2.75) is 0 Å². The summed E-state index contributed by atoms with van der Waals surface area (Å²) in [5.41, 5.74) is 0.699. The van der Waals surface area contributed by atoms with E-state index in [1.54, 1.807) is 18.2 Å². The molecule has 0 saturated carbocycles. The van der Waals surface area contributed by atoms with Crippen LogP contribution in [0.2, 0.25) is 0 Å². The molecule has 3 heteroatoms. The van der Waals surface area contributed by atoms with Gasteiger partial charge in [0.05, 0.1) is 5.52 Å². The highest BCUT2D eigenvalue weighted by Crippen LogP contribution is 2.21. The van der Waals surface area contributed by atoms with Crippen molar-refractivity contribution in [2.75, 3.05) is 0 Å². The summed E-state index contributed by atoms with van der Waals surface area (Å²) >= 11 is 4.93. The first-order chi connectivity index (χ1) is 5.77. The molecule has 0 spiro atoms. The Bertz CT molecular complexity index is 475. The lowest BCUT2D eigenvalue weighted by molar-refractivity contribution is 0.480. The van der Waals surface area contributed by atoms with E-state index in [-0.39, 0.29) is 5.75 Å². The van der Waals surface area contributed by atoms with Crippen LogP contribution in [-0.2, 0) is 0 Å². The van der Waals surface area contributed by atoms with Gasteiger partial charge in [-0.25, -0.2) is 0 Å². The van der Waals surface area contributed by atoms with E-state index in [1.807, 2.05) is 12.1 Å². The van der Waals surface area contributed by atoms with Crippen molar-refractivity contribution in [3.05, 3.63) is 35.0 Å². The fourth-order valence-corrected chi connectivity index (χ4v) is 1.33. The van der Waals surface area contributed by atoms with Crippen LogP contribution in [0.3, 0.4) is 0 Å². The highest BCUT2D eigenvalue weighted by atomic mass is 32.1. The number of aromatic nitrogens is 1. The number of rotatable bonds is 0. The molecule has 1 heterocycles. The van der Waals surface area contributed by atoms with Crippen LogP contribution in [-0.4, -0.2) is 10.1 Å². The maximum absolute atomic E-state index is 9.42. The molecule has 2 rings (SSSR count). The van der Waals surface area contributed by atoms with Gasteiger partial charge in [0.1, 0.15) is 10.4 Å². The van der Waals surface area contributed by atoms with Gasteiger partial charge in [0.25, 0.3) is 0 Å². The van der Waals surface area contributed by atoms with Gasteiger partial charge in [-0.1, -0.05) is 24.4 Å². The number of phenols is 1. The van der Waals surface area contributed by atoms with Crippen LogP contribution in [0.15, 0.2) is 30.3 Å². The third kappa shape index (κ3) is 1.08. The topological polar surface area (TPSA) is 36.0 Å². The zero-order valence-electron chi connectivity index (χ0n) is 6.24. The Morgan fingerprint density at radius 3 is 2.83 bits per heavy atom. The number of phenolic OH excluding ortho intramolecular Hbond substituents is 1. The first-order valence-electron chi connectivity index (χ1n) is 3.58. The predicted octanol–water partition coefficient (Wildman–Crippen LogP) is 2.60. The van der Waals surface area contributed by atoms with Crippen LogP contribution in [0.1, 0.15) is 0 Å². The van der Waals surface area contributed by atoms with Gasteiger partial charge in [0, 0.05) is 5.39 Å². The maximum Gasteiger partial charge on any atom is 0.139 e. The van der Waals surface area contributed by atoms with Crippen LogP contribution in [0.25, 0.3) is 10.9 Å². The molecular formula is C9H7NOS. The molecule has 12 heavy (non-hydrogen) atoms. The first kappa shape index (κ1) is 7.31. The van der Waals surface area contributed by atoms with Crippen LogP contribution < -0.4 is 0 Å². The zero-order chi connectivity index (χ0) is 8.55. The van der Waals surface area contributed by atoms with Gasteiger partial charge in [-0.05, 0) is 18.2 Å². The Morgan fingerprint density at radius 2 is 2.00 bits per heavy atom. The quantitative estimate of drug-likeness (QED) is 0.607. The Morgan fingerprint density at radius 1 is 1.17 bits per heavy atom. The molecular weight excluding hydrogens is 170 g/mol. The summed E-state index contributed by atoms with van der Waals surface area (Å²) < 4.78 is 0.629. The molecule has 2 nitrogen and oxygen atoms in total. The lowest BCUT2D eigenvalue weighted by Gasteiger charge is -1.98. The van der Waals surface area contributed by atoms with Crippen molar-refractivity contribution in [1.82, 2.24) is 4.98 Å². The van der Waals surface area contributed by atoms with Crippen LogP contribution in [0.5, 0.6) is 5.75 Å². The van der Waals surface area contributed by atoms with Crippen LogP contribution in [0.4, 0.5) is 0 Å². The average molecular weight is 177 g/mol. The SMILES string of the molecule is Oc1cccc2ccc(=S)[nH]c12. The molecule has 60 valence electrons. The zero-order valence-corrected chi connectivity index (χ0v) is 7.06. The summed E-state index contributed by atoms with van der Waals surface area (Å²) in [6.45, 7) is 0. The van der Waals surface area contributed by atoms with E-state index < -0.39 is 0 Å². The second-order valence-corrected chi connectivity index (χ2v) is 3.00. The molecule has 0 amide bonds. The van der Waals surface area contributed by atoms with Crippen molar-refractivity contribution < 1.29 is 5.11 Å². The highest BCUT2D eigenvalue weighted by Gasteiger charge is 1.96. The van der Waals surface area contributed by atoms with Gasteiger partial charge in [-0.3, -0.25) is 0 Å². The van der Waals surface area contributed by atoms with E-state index in [0.29, 0.717) is 10.2 Å². The average Bonchev–Trinajstić information content (AvgIpc) is 2.07. The van der Waals surface area contributed by atoms with Crippen molar-refractivity contribution in [3.8, 4) is 5.75 Å².